The first-order chi connectivity index (χ1) is 48.5. The fourth-order valence-electron chi connectivity index (χ4n) is 14.4. The van der Waals surface area contributed by atoms with E-state index in [2.05, 4.69) is 322 Å². The van der Waals surface area contributed by atoms with Gasteiger partial charge in [0.25, 0.3) is 0 Å². The second-order valence-corrected chi connectivity index (χ2v) is 25.3. The van der Waals surface area contributed by atoms with Gasteiger partial charge in [0.05, 0.1) is 67.3 Å². The summed E-state index contributed by atoms with van der Waals surface area (Å²) in [5.74, 6) is 0. The van der Waals surface area contributed by atoms with Crippen LogP contribution in [0.25, 0.3) is 198 Å². The number of hydrogen-bond acceptors (Lipinski definition) is 6. The number of fused-ring (bicyclic) bond motifs is 17. The molecule has 6 nitrogen and oxygen atoms in total. The third-order valence-corrected chi connectivity index (χ3v) is 19.4. The molecule has 0 aliphatic rings. The van der Waals surface area contributed by atoms with Gasteiger partial charge in [-0.2, -0.15) is 0 Å². The van der Waals surface area contributed by atoms with Crippen LogP contribution < -0.4 is 0 Å². The first-order valence-electron chi connectivity index (χ1n) is 33.2. The second kappa shape index (κ2) is 23.4. The van der Waals surface area contributed by atoms with Crippen LogP contribution in [0.5, 0.6) is 0 Å². The zero-order valence-corrected chi connectivity index (χ0v) is 53.0. The van der Waals surface area contributed by atoms with E-state index in [9.17, 15) is 0 Å². The van der Waals surface area contributed by atoms with Crippen LogP contribution in [0.15, 0.2) is 340 Å². The van der Waals surface area contributed by atoms with Gasteiger partial charge >= 0.3 is 0 Å². The normalized spacial score (nSPS) is 11.7. The number of nitrogens with zero attached hydrogens (tertiary/aromatic N) is 6. The molecule has 98 heavy (non-hydrogen) atoms. The molecule has 0 unspecified atom stereocenters. The largest absolute Gasteiger partial charge is 0.247 e. The summed E-state index contributed by atoms with van der Waals surface area (Å²) in [6.07, 6.45) is 0. The first kappa shape index (κ1) is 56.4. The minimum atomic E-state index is 0.916. The van der Waals surface area contributed by atoms with E-state index in [1.807, 2.05) is 18.2 Å². The maximum Gasteiger partial charge on any atom is 0.0972 e. The molecule has 20 rings (SSSR count). The SMILES string of the molecule is c1ccc(-c2ccc3ccc4ccc(-c5ccc(-c6ccc(-c7nc8ccccc8c8c7ccc7ccccc78)cc6)cc5)nc4c3n2)cc1.c1ccc2c(c1)ccc1ccc(-c3cc(-c4ccc5ccc6ccccc6c5n4)cc(-c4ccc5ccc6ccccc6c5n4)c3)nc12. The van der Waals surface area contributed by atoms with Gasteiger partial charge in [0.2, 0.25) is 0 Å². The monoisotopic (exact) mass is 1240 g/mol. The van der Waals surface area contributed by atoms with Crippen LogP contribution in [0, 0.1) is 0 Å². The zero-order valence-electron chi connectivity index (χ0n) is 53.0. The van der Waals surface area contributed by atoms with Gasteiger partial charge in [0.15, 0.2) is 0 Å². The van der Waals surface area contributed by atoms with Gasteiger partial charge in [-0.25, -0.2) is 29.9 Å². The average Bonchev–Trinajstić information content (AvgIpc) is 0.756. The molecule has 0 amide bonds. The summed E-state index contributed by atoms with van der Waals surface area (Å²) in [7, 11) is 0. The van der Waals surface area contributed by atoms with E-state index in [-0.39, 0.29) is 0 Å². The lowest BCUT2D eigenvalue weighted by Crippen LogP contribution is -1.93. The third-order valence-electron chi connectivity index (χ3n) is 19.4. The highest BCUT2D eigenvalue weighted by Crippen LogP contribution is 2.40. The summed E-state index contributed by atoms with van der Waals surface area (Å²) < 4.78 is 0. The summed E-state index contributed by atoms with van der Waals surface area (Å²) in [6, 6.07) is 120. The van der Waals surface area contributed by atoms with Crippen LogP contribution in [0.3, 0.4) is 0 Å². The fourth-order valence-corrected chi connectivity index (χ4v) is 14.4. The molecule has 0 aliphatic carbocycles. The van der Waals surface area contributed by atoms with Crippen LogP contribution in [-0.4, -0.2) is 29.9 Å². The van der Waals surface area contributed by atoms with Crippen molar-refractivity contribution in [3.8, 4) is 78.7 Å². The molecule has 6 aromatic heterocycles. The molecule has 0 spiro atoms. The van der Waals surface area contributed by atoms with Gasteiger partial charge in [-0.3, -0.25) is 0 Å². The minimum absolute atomic E-state index is 0.916. The van der Waals surface area contributed by atoms with Crippen molar-refractivity contribution in [3.05, 3.63) is 340 Å². The maximum atomic E-state index is 5.28. The first-order valence-corrected chi connectivity index (χ1v) is 33.2. The molecule has 454 valence electrons. The predicted molar refractivity (Wildman–Crippen MR) is 410 cm³/mol. The van der Waals surface area contributed by atoms with E-state index >= 15 is 0 Å². The van der Waals surface area contributed by atoms with E-state index in [1.54, 1.807) is 0 Å². The van der Waals surface area contributed by atoms with Crippen LogP contribution in [0.1, 0.15) is 0 Å². The maximum absolute atomic E-state index is 5.28. The van der Waals surface area contributed by atoms with Crippen molar-refractivity contribution in [3.63, 3.8) is 0 Å². The Labute approximate surface area is 564 Å². The van der Waals surface area contributed by atoms with Gasteiger partial charge in [-0.15, -0.1) is 0 Å². The van der Waals surface area contributed by atoms with Crippen molar-refractivity contribution in [1.82, 2.24) is 29.9 Å². The molecule has 14 aromatic carbocycles. The van der Waals surface area contributed by atoms with E-state index in [0.717, 1.165) is 155 Å². The van der Waals surface area contributed by atoms with E-state index in [1.165, 1.54) is 43.1 Å². The lowest BCUT2D eigenvalue weighted by atomic mass is 9.94. The predicted octanol–water partition coefficient (Wildman–Crippen LogP) is 24.1. The van der Waals surface area contributed by atoms with Gasteiger partial charge in [-0.1, -0.05) is 285 Å². The Morgan fingerprint density at radius 2 is 0.449 bits per heavy atom. The molecule has 0 N–H and O–H groups in total. The summed E-state index contributed by atoms with van der Waals surface area (Å²) >= 11 is 0. The van der Waals surface area contributed by atoms with E-state index in [0.29, 0.717) is 0 Å². The molecule has 0 bridgehead atoms. The Morgan fingerprint density at radius 3 is 0.898 bits per heavy atom. The molecule has 6 heterocycles. The Bertz CT molecular complexity index is 6260. The highest BCUT2D eigenvalue weighted by molar-refractivity contribution is 6.22. The van der Waals surface area contributed by atoms with E-state index in [4.69, 9.17) is 29.9 Å². The molecule has 0 atom stereocenters. The summed E-state index contributed by atoms with van der Waals surface area (Å²) in [5.41, 5.74) is 20.2. The van der Waals surface area contributed by atoms with Crippen LogP contribution in [0.2, 0.25) is 0 Å². The van der Waals surface area contributed by atoms with Crippen LogP contribution >= 0.6 is 0 Å². The molecular formula is C92H56N6. The third kappa shape index (κ3) is 9.98. The van der Waals surface area contributed by atoms with Gasteiger partial charge in [0.1, 0.15) is 0 Å². The topological polar surface area (TPSA) is 77.3 Å². The molecule has 0 aliphatic heterocycles. The Balaban J connectivity index is 0.000000137. The highest BCUT2D eigenvalue weighted by atomic mass is 14.8. The minimum Gasteiger partial charge on any atom is -0.247 e. The van der Waals surface area contributed by atoms with Crippen molar-refractivity contribution >= 4 is 119 Å². The quantitative estimate of drug-likeness (QED) is 0.148. The highest BCUT2D eigenvalue weighted by Gasteiger charge is 2.18. The molecule has 20 aromatic rings. The Kier molecular flexibility index (Phi) is 13.5. The van der Waals surface area contributed by atoms with Crippen LogP contribution in [0.4, 0.5) is 0 Å². The lowest BCUT2D eigenvalue weighted by Gasteiger charge is -2.13. The number of para-hydroxylation sites is 1. The van der Waals surface area contributed by atoms with Crippen molar-refractivity contribution in [2.75, 3.05) is 0 Å². The van der Waals surface area contributed by atoms with Crippen molar-refractivity contribution in [2.45, 2.75) is 0 Å². The molecule has 6 heteroatoms. The van der Waals surface area contributed by atoms with Crippen LogP contribution in [-0.2, 0) is 0 Å². The molecule has 0 fully saturated rings. The lowest BCUT2D eigenvalue weighted by molar-refractivity contribution is 1.36. The molecule has 0 saturated carbocycles. The summed E-state index contributed by atoms with van der Waals surface area (Å²) in [6.45, 7) is 0. The van der Waals surface area contributed by atoms with Gasteiger partial charge < -0.3 is 0 Å². The zero-order chi connectivity index (χ0) is 64.6. The van der Waals surface area contributed by atoms with Crippen molar-refractivity contribution < 1.29 is 0 Å². The van der Waals surface area contributed by atoms with Crippen molar-refractivity contribution in [1.29, 1.82) is 0 Å². The van der Waals surface area contributed by atoms with E-state index < -0.39 is 0 Å². The number of pyridine rings is 6. The summed E-state index contributed by atoms with van der Waals surface area (Å²) in [4.78, 5) is 31.3. The molecule has 0 saturated heterocycles. The fraction of sp³-hybridized carbons (Fsp3) is 0. The standard InChI is InChI=1S/C47H29N3.C45H27N3/c1-2-9-33(10-3-1)41-28-25-36-22-23-37-26-29-42(49-47(37)46(36)48-41)34-18-14-30(15-19-34)31-16-20-35(21-17-31)45-40-27-24-32-8-4-5-11-38(32)44(40)39-12-6-7-13-43(39)50-45;1-4-10-37-28(7-1)13-16-31-19-22-40(46-43(31)37)34-25-35(41-23-20-32-17-14-29-8-2-5-11-38(29)44(32)47-41)27-36(26-34)42-24-21-33-18-15-30-9-3-6-12-39(30)45(33)48-42/h1-29H;1-27H. The Hall–Kier alpha value is -13.2. The molecule has 0 radical (unpaired) electrons. The average molecular weight is 1250 g/mol. The van der Waals surface area contributed by atoms with Gasteiger partial charge in [-0.05, 0) is 92.7 Å². The smallest absolute Gasteiger partial charge is 0.0972 e. The Morgan fingerprint density at radius 1 is 0.153 bits per heavy atom. The summed E-state index contributed by atoms with van der Waals surface area (Å²) in [5, 5.41) is 18.6. The molecular weight excluding hydrogens is 1190 g/mol. The number of hydrogen-bond donors (Lipinski definition) is 0. The second-order valence-electron chi connectivity index (χ2n) is 25.3. The van der Waals surface area contributed by atoms with Crippen molar-refractivity contribution in [2.24, 2.45) is 0 Å². The number of aromatic nitrogens is 6. The number of benzene rings is 14. The number of rotatable bonds is 7. The van der Waals surface area contributed by atoms with Gasteiger partial charge in [0, 0.05) is 92.6 Å².